The van der Waals surface area contributed by atoms with Gasteiger partial charge in [0.25, 0.3) is 0 Å². The molecule has 1 aromatic carbocycles. The molecular formula is C11H11IO2. The third-order valence-electron chi connectivity index (χ3n) is 2.53. The predicted octanol–water partition coefficient (Wildman–Crippen LogP) is 2.63. The van der Waals surface area contributed by atoms with Gasteiger partial charge in [-0.1, -0.05) is 22.6 Å². The standard InChI is InChI=1S/C11H11IO2/c1-14-8-3-4-9-7(6-8)2-5-10(12)11(9)13/h3-4,6,10H,2,5H2,1H3. The normalized spacial score (nSPS) is 20.4. The van der Waals surface area contributed by atoms with Gasteiger partial charge in [0.2, 0.25) is 0 Å². The fraction of sp³-hybridized carbons (Fsp3) is 0.364. The summed E-state index contributed by atoms with van der Waals surface area (Å²) < 4.78 is 5.28. The molecule has 3 heteroatoms. The van der Waals surface area contributed by atoms with Crippen molar-refractivity contribution in [1.82, 2.24) is 0 Å². The number of aryl methyl sites for hydroxylation is 1. The Kier molecular flexibility index (Phi) is 2.76. The smallest absolute Gasteiger partial charge is 0.175 e. The van der Waals surface area contributed by atoms with E-state index in [9.17, 15) is 4.79 Å². The summed E-state index contributed by atoms with van der Waals surface area (Å²) in [6.45, 7) is 0. The first-order chi connectivity index (χ1) is 6.72. The van der Waals surface area contributed by atoms with E-state index < -0.39 is 0 Å². The van der Waals surface area contributed by atoms with Crippen molar-refractivity contribution in [1.29, 1.82) is 0 Å². The minimum Gasteiger partial charge on any atom is -0.497 e. The second-order valence-corrected chi connectivity index (χ2v) is 4.90. The lowest BCUT2D eigenvalue weighted by molar-refractivity contribution is 0.0984. The number of methoxy groups -OCH3 is 1. The molecule has 0 saturated heterocycles. The summed E-state index contributed by atoms with van der Waals surface area (Å²) in [6, 6.07) is 5.70. The van der Waals surface area contributed by atoms with Crippen LogP contribution in [0, 0.1) is 0 Å². The molecule has 0 spiro atoms. The van der Waals surface area contributed by atoms with Crippen molar-refractivity contribution in [2.24, 2.45) is 0 Å². The van der Waals surface area contributed by atoms with Gasteiger partial charge in [-0.05, 0) is 36.6 Å². The largest absolute Gasteiger partial charge is 0.497 e. The Morgan fingerprint density at radius 3 is 3.00 bits per heavy atom. The number of rotatable bonds is 1. The van der Waals surface area contributed by atoms with Gasteiger partial charge in [0.15, 0.2) is 5.78 Å². The second-order valence-electron chi connectivity index (χ2n) is 3.39. The first kappa shape index (κ1) is 9.96. The lowest BCUT2D eigenvalue weighted by Crippen LogP contribution is -2.22. The van der Waals surface area contributed by atoms with Crippen molar-refractivity contribution in [3.63, 3.8) is 0 Å². The molecule has 0 heterocycles. The Hall–Kier alpha value is -0.580. The van der Waals surface area contributed by atoms with Crippen LogP contribution in [0.5, 0.6) is 5.75 Å². The number of hydrogen-bond donors (Lipinski definition) is 0. The Morgan fingerprint density at radius 1 is 1.50 bits per heavy atom. The Morgan fingerprint density at radius 2 is 2.29 bits per heavy atom. The quantitative estimate of drug-likeness (QED) is 0.589. The first-order valence-electron chi connectivity index (χ1n) is 4.57. The molecule has 0 fully saturated rings. The minimum absolute atomic E-state index is 0.147. The van der Waals surface area contributed by atoms with Gasteiger partial charge in [-0.15, -0.1) is 0 Å². The van der Waals surface area contributed by atoms with Crippen LogP contribution in [-0.4, -0.2) is 16.8 Å². The summed E-state index contributed by atoms with van der Waals surface area (Å²) in [5.41, 5.74) is 2.00. The molecule has 0 amide bonds. The van der Waals surface area contributed by atoms with Gasteiger partial charge in [-0.3, -0.25) is 4.79 Å². The van der Waals surface area contributed by atoms with Gasteiger partial charge in [0.1, 0.15) is 5.75 Å². The maximum atomic E-state index is 11.8. The number of hydrogen-bond acceptors (Lipinski definition) is 2. The van der Waals surface area contributed by atoms with Gasteiger partial charge in [0, 0.05) is 5.56 Å². The van der Waals surface area contributed by atoms with Crippen LogP contribution < -0.4 is 4.74 Å². The second kappa shape index (κ2) is 3.88. The number of halogens is 1. The zero-order valence-corrected chi connectivity index (χ0v) is 10.1. The van der Waals surface area contributed by atoms with Crippen molar-refractivity contribution < 1.29 is 9.53 Å². The Labute approximate surface area is 96.8 Å². The molecule has 0 aromatic heterocycles. The summed E-state index contributed by atoms with van der Waals surface area (Å²) in [5.74, 6) is 1.10. The molecule has 74 valence electrons. The zero-order chi connectivity index (χ0) is 10.1. The van der Waals surface area contributed by atoms with Crippen LogP contribution in [0.1, 0.15) is 22.3 Å². The van der Waals surface area contributed by atoms with Crippen LogP contribution in [0.15, 0.2) is 18.2 Å². The number of alkyl halides is 1. The monoisotopic (exact) mass is 302 g/mol. The van der Waals surface area contributed by atoms with E-state index in [-0.39, 0.29) is 9.71 Å². The van der Waals surface area contributed by atoms with Crippen LogP contribution in [0.25, 0.3) is 0 Å². The van der Waals surface area contributed by atoms with E-state index in [1.165, 1.54) is 0 Å². The molecule has 0 aliphatic heterocycles. The summed E-state index contributed by atoms with van der Waals surface area (Å²) in [4.78, 5) is 11.8. The van der Waals surface area contributed by atoms with E-state index in [1.54, 1.807) is 7.11 Å². The third-order valence-corrected chi connectivity index (χ3v) is 3.72. The van der Waals surface area contributed by atoms with Crippen molar-refractivity contribution in [2.45, 2.75) is 16.8 Å². The van der Waals surface area contributed by atoms with Crippen LogP contribution in [0.2, 0.25) is 0 Å². The van der Waals surface area contributed by atoms with Gasteiger partial charge >= 0.3 is 0 Å². The Bertz CT molecular complexity index is 374. The molecule has 14 heavy (non-hydrogen) atoms. The summed E-state index contributed by atoms with van der Waals surface area (Å²) in [5, 5.41) is 0. The number of ketones is 1. The lowest BCUT2D eigenvalue weighted by Gasteiger charge is -2.19. The summed E-state index contributed by atoms with van der Waals surface area (Å²) >= 11 is 2.22. The van der Waals surface area contributed by atoms with E-state index in [0.717, 1.165) is 29.7 Å². The number of fused-ring (bicyclic) bond motifs is 1. The van der Waals surface area contributed by atoms with Crippen molar-refractivity contribution >= 4 is 28.4 Å². The van der Waals surface area contributed by atoms with E-state index in [2.05, 4.69) is 22.6 Å². The molecule has 1 aliphatic carbocycles. The van der Waals surface area contributed by atoms with Gasteiger partial charge in [-0.25, -0.2) is 0 Å². The lowest BCUT2D eigenvalue weighted by atomic mass is 9.90. The van der Waals surface area contributed by atoms with E-state index >= 15 is 0 Å². The van der Waals surface area contributed by atoms with Crippen molar-refractivity contribution in [3.8, 4) is 5.75 Å². The molecule has 2 rings (SSSR count). The van der Waals surface area contributed by atoms with E-state index in [1.807, 2.05) is 18.2 Å². The first-order valence-corrected chi connectivity index (χ1v) is 5.82. The molecule has 1 unspecified atom stereocenters. The number of carbonyl (C=O) groups excluding carboxylic acids is 1. The number of Topliss-reactive ketones (excluding diaryl/α,β-unsaturated/α-hetero) is 1. The number of benzene rings is 1. The fourth-order valence-corrected chi connectivity index (χ4v) is 2.37. The SMILES string of the molecule is COc1ccc2c(c1)CCC(I)C2=O. The van der Waals surface area contributed by atoms with Gasteiger partial charge in [-0.2, -0.15) is 0 Å². The molecule has 0 radical (unpaired) electrons. The molecule has 1 atom stereocenters. The highest BCUT2D eigenvalue weighted by atomic mass is 127. The van der Waals surface area contributed by atoms with Gasteiger partial charge < -0.3 is 4.74 Å². The molecular weight excluding hydrogens is 291 g/mol. The van der Waals surface area contributed by atoms with Crippen LogP contribution >= 0.6 is 22.6 Å². The molecule has 1 aromatic rings. The average Bonchev–Trinajstić information content (AvgIpc) is 2.23. The van der Waals surface area contributed by atoms with E-state index in [4.69, 9.17) is 4.74 Å². The minimum atomic E-state index is 0.147. The maximum absolute atomic E-state index is 11.8. The molecule has 0 bridgehead atoms. The molecule has 1 aliphatic rings. The molecule has 2 nitrogen and oxygen atoms in total. The predicted molar refractivity (Wildman–Crippen MR) is 63.5 cm³/mol. The maximum Gasteiger partial charge on any atom is 0.175 e. The van der Waals surface area contributed by atoms with Crippen molar-refractivity contribution in [3.05, 3.63) is 29.3 Å². The highest BCUT2D eigenvalue weighted by Crippen LogP contribution is 2.28. The van der Waals surface area contributed by atoms with Gasteiger partial charge in [0.05, 0.1) is 11.0 Å². The Balaban J connectivity index is 2.44. The van der Waals surface area contributed by atoms with Crippen LogP contribution in [-0.2, 0) is 6.42 Å². The summed E-state index contributed by atoms with van der Waals surface area (Å²) in [6.07, 6.45) is 1.92. The zero-order valence-electron chi connectivity index (χ0n) is 7.92. The molecule has 0 saturated carbocycles. The number of ether oxygens (including phenoxy) is 1. The highest BCUT2D eigenvalue weighted by Gasteiger charge is 2.24. The number of carbonyl (C=O) groups is 1. The summed E-state index contributed by atoms with van der Waals surface area (Å²) in [7, 11) is 1.65. The molecule has 0 N–H and O–H groups in total. The van der Waals surface area contributed by atoms with Crippen molar-refractivity contribution in [2.75, 3.05) is 7.11 Å². The third kappa shape index (κ3) is 1.65. The fourth-order valence-electron chi connectivity index (χ4n) is 1.73. The highest BCUT2D eigenvalue weighted by molar-refractivity contribution is 14.1. The topological polar surface area (TPSA) is 26.3 Å². The van der Waals surface area contributed by atoms with Crippen LogP contribution in [0.4, 0.5) is 0 Å². The average molecular weight is 302 g/mol. The van der Waals surface area contributed by atoms with E-state index in [0.29, 0.717) is 0 Å². The van der Waals surface area contributed by atoms with Crippen LogP contribution in [0.3, 0.4) is 0 Å².